The molecule has 0 bridgehead atoms. The lowest BCUT2D eigenvalue weighted by Gasteiger charge is -2.33. The Hall–Kier alpha value is -0.300. The fraction of sp³-hybridized carbons (Fsp3) is 0.500. The van der Waals surface area contributed by atoms with E-state index in [9.17, 15) is 0 Å². The van der Waals surface area contributed by atoms with Gasteiger partial charge in [0.1, 0.15) is 0 Å². The van der Waals surface area contributed by atoms with Gasteiger partial charge < -0.3 is 0 Å². The van der Waals surface area contributed by atoms with Gasteiger partial charge in [-0.1, -0.05) is 52.7 Å². The largest absolute Gasteiger partial charge is 0.0921 e. The van der Waals surface area contributed by atoms with Crippen molar-refractivity contribution in [2.45, 2.75) is 25.2 Å². The fourth-order valence-electron chi connectivity index (χ4n) is 2.03. The van der Waals surface area contributed by atoms with Crippen LogP contribution < -0.4 is 0 Å². The molecule has 1 aromatic carbocycles. The van der Waals surface area contributed by atoms with Crippen molar-refractivity contribution in [3.05, 3.63) is 35.9 Å². The number of halogens is 1. The minimum Gasteiger partial charge on any atom is -0.0921 e. The van der Waals surface area contributed by atoms with E-state index in [2.05, 4.69) is 46.3 Å². The Balaban J connectivity index is 2.12. The van der Waals surface area contributed by atoms with E-state index >= 15 is 0 Å². The highest BCUT2D eigenvalue weighted by Crippen LogP contribution is 2.39. The van der Waals surface area contributed by atoms with Crippen molar-refractivity contribution in [2.24, 2.45) is 5.92 Å². The molecule has 0 amide bonds. The first-order valence-electron chi connectivity index (χ1n) is 5.02. The van der Waals surface area contributed by atoms with Gasteiger partial charge in [-0.25, -0.2) is 0 Å². The van der Waals surface area contributed by atoms with Crippen molar-refractivity contribution in [3.8, 4) is 0 Å². The van der Waals surface area contributed by atoms with E-state index in [1.165, 1.54) is 24.8 Å². The summed E-state index contributed by atoms with van der Waals surface area (Å²) in [7, 11) is 0. The summed E-state index contributed by atoms with van der Waals surface area (Å²) in [4.78, 5) is 0. The van der Waals surface area contributed by atoms with E-state index < -0.39 is 0 Å². The molecule has 1 aliphatic rings. The third-order valence-corrected chi connectivity index (χ3v) is 3.81. The summed E-state index contributed by atoms with van der Waals surface area (Å²) in [6.07, 6.45) is 4.28. The van der Waals surface area contributed by atoms with Crippen molar-refractivity contribution in [3.63, 3.8) is 0 Å². The highest BCUT2D eigenvalue weighted by Gasteiger charge is 2.27. The molecule has 0 N–H and O–H groups in total. The van der Waals surface area contributed by atoms with Gasteiger partial charge in [0.2, 0.25) is 0 Å². The number of rotatable bonds is 3. The van der Waals surface area contributed by atoms with Crippen molar-refractivity contribution in [2.75, 3.05) is 5.33 Å². The first-order chi connectivity index (χ1) is 6.42. The predicted octanol–water partition coefficient (Wildman–Crippen LogP) is 3.97. The zero-order valence-electron chi connectivity index (χ0n) is 7.75. The molecule has 1 saturated carbocycles. The molecule has 1 heteroatoms. The second-order valence-corrected chi connectivity index (χ2v) is 4.51. The molecule has 0 saturated heterocycles. The van der Waals surface area contributed by atoms with Crippen LogP contribution in [0.2, 0.25) is 0 Å². The molecule has 1 unspecified atom stereocenters. The average molecular weight is 239 g/mol. The molecule has 1 aromatic rings. The van der Waals surface area contributed by atoms with Gasteiger partial charge in [-0.2, -0.15) is 0 Å². The Labute approximate surface area is 88.5 Å². The monoisotopic (exact) mass is 238 g/mol. The maximum atomic E-state index is 3.63. The second-order valence-electron chi connectivity index (χ2n) is 3.86. The first-order valence-corrected chi connectivity index (χ1v) is 6.15. The zero-order chi connectivity index (χ0) is 9.10. The Bertz CT molecular complexity index is 251. The molecule has 0 heterocycles. The summed E-state index contributed by atoms with van der Waals surface area (Å²) in [5.74, 6) is 1.68. The molecule has 1 aliphatic carbocycles. The highest BCUT2D eigenvalue weighted by atomic mass is 79.9. The number of hydrogen-bond donors (Lipinski definition) is 0. The summed E-state index contributed by atoms with van der Waals surface area (Å²) in [5, 5.41) is 1.11. The van der Waals surface area contributed by atoms with Crippen LogP contribution in [0.5, 0.6) is 0 Å². The van der Waals surface area contributed by atoms with Crippen LogP contribution in [0.3, 0.4) is 0 Å². The molecule has 70 valence electrons. The van der Waals surface area contributed by atoms with E-state index in [-0.39, 0.29) is 0 Å². The zero-order valence-corrected chi connectivity index (χ0v) is 9.33. The Kier molecular flexibility index (Phi) is 3.05. The lowest BCUT2D eigenvalue weighted by Crippen LogP contribution is -2.21. The van der Waals surface area contributed by atoms with Gasteiger partial charge in [0.05, 0.1) is 0 Å². The van der Waals surface area contributed by atoms with Crippen LogP contribution >= 0.6 is 15.9 Å². The second kappa shape index (κ2) is 4.28. The lowest BCUT2D eigenvalue weighted by molar-refractivity contribution is 0.275. The molecule has 0 aliphatic heterocycles. The molecule has 0 nitrogen and oxygen atoms in total. The molecule has 0 radical (unpaired) electrons. The summed E-state index contributed by atoms with van der Waals surface area (Å²) >= 11 is 3.63. The number of alkyl halides is 1. The molecular weight excluding hydrogens is 224 g/mol. The van der Waals surface area contributed by atoms with Gasteiger partial charge in [-0.15, -0.1) is 0 Å². The quantitative estimate of drug-likeness (QED) is 0.700. The minimum atomic E-state index is 0.745. The molecule has 13 heavy (non-hydrogen) atoms. The first kappa shape index (κ1) is 9.26. The number of benzene rings is 1. The predicted molar refractivity (Wildman–Crippen MR) is 60.3 cm³/mol. The maximum Gasteiger partial charge on any atom is 0.0103 e. The Morgan fingerprint density at radius 3 is 2.38 bits per heavy atom. The number of hydrogen-bond acceptors (Lipinski definition) is 0. The van der Waals surface area contributed by atoms with Crippen LogP contribution in [-0.2, 0) is 0 Å². The summed E-state index contributed by atoms with van der Waals surface area (Å²) in [6, 6.07) is 10.9. The van der Waals surface area contributed by atoms with E-state index in [1.807, 2.05) is 0 Å². The van der Waals surface area contributed by atoms with Crippen LogP contribution in [0.25, 0.3) is 0 Å². The SMILES string of the molecule is BrCC(c1ccccc1)C1CCC1. The average Bonchev–Trinajstić information content (AvgIpc) is 2.12. The molecule has 1 atom stereocenters. The summed E-state index contributed by atoms with van der Waals surface area (Å²) in [5.41, 5.74) is 1.50. The molecule has 1 fully saturated rings. The standard InChI is InChI=1S/C12H15Br/c13-9-12(11-7-4-8-11)10-5-2-1-3-6-10/h1-3,5-6,11-12H,4,7-9H2. The van der Waals surface area contributed by atoms with Crippen LogP contribution in [0.1, 0.15) is 30.7 Å². The van der Waals surface area contributed by atoms with Crippen molar-refractivity contribution >= 4 is 15.9 Å². The van der Waals surface area contributed by atoms with E-state index in [1.54, 1.807) is 0 Å². The van der Waals surface area contributed by atoms with E-state index in [0.717, 1.165) is 17.2 Å². The van der Waals surface area contributed by atoms with Crippen LogP contribution in [0, 0.1) is 5.92 Å². The lowest BCUT2D eigenvalue weighted by atomic mass is 9.74. The smallest absolute Gasteiger partial charge is 0.0103 e. The summed E-state index contributed by atoms with van der Waals surface area (Å²) in [6.45, 7) is 0. The van der Waals surface area contributed by atoms with Gasteiger partial charge in [-0.05, 0) is 30.2 Å². The maximum absolute atomic E-state index is 3.63. The topological polar surface area (TPSA) is 0 Å². The van der Waals surface area contributed by atoms with Crippen LogP contribution in [0.4, 0.5) is 0 Å². The van der Waals surface area contributed by atoms with Gasteiger partial charge in [0.25, 0.3) is 0 Å². The minimum absolute atomic E-state index is 0.745. The van der Waals surface area contributed by atoms with E-state index in [0.29, 0.717) is 0 Å². The highest BCUT2D eigenvalue weighted by molar-refractivity contribution is 9.09. The molecule has 0 aromatic heterocycles. The van der Waals surface area contributed by atoms with Gasteiger partial charge in [0, 0.05) is 5.33 Å². The van der Waals surface area contributed by atoms with Crippen molar-refractivity contribution in [1.82, 2.24) is 0 Å². The Morgan fingerprint density at radius 1 is 1.23 bits per heavy atom. The summed E-state index contributed by atoms with van der Waals surface area (Å²) < 4.78 is 0. The fourth-order valence-corrected chi connectivity index (χ4v) is 2.93. The normalized spacial score (nSPS) is 19.5. The molecular formula is C12H15Br. The van der Waals surface area contributed by atoms with Crippen molar-refractivity contribution < 1.29 is 0 Å². The third kappa shape index (κ3) is 1.96. The van der Waals surface area contributed by atoms with Crippen LogP contribution in [-0.4, -0.2) is 5.33 Å². The Morgan fingerprint density at radius 2 is 1.92 bits per heavy atom. The van der Waals surface area contributed by atoms with Crippen LogP contribution in [0.15, 0.2) is 30.3 Å². The molecule has 2 rings (SSSR count). The third-order valence-electron chi connectivity index (χ3n) is 3.11. The molecule has 0 spiro atoms. The van der Waals surface area contributed by atoms with Gasteiger partial charge in [-0.3, -0.25) is 0 Å². The van der Waals surface area contributed by atoms with Crippen molar-refractivity contribution in [1.29, 1.82) is 0 Å². The van der Waals surface area contributed by atoms with Gasteiger partial charge in [0.15, 0.2) is 0 Å². The van der Waals surface area contributed by atoms with E-state index in [4.69, 9.17) is 0 Å². The van der Waals surface area contributed by atoms with Gasteiger partial charge >= 0.3 is 0 Å².